The van der Waals surface area contributed by atoms with Gasteiger partial charge in [-0.25, -0.2) is 0 Å². The molecule has 1 atom stereocenters. The minimum Gasteiger partial charge on any atom is -0.0827 e. The molecule has 0 heterocycles. The van der Waals surface area contributed by atoms with E-state index in [2.05, 4.69) is 38.1 Å². The van der Waals surface area contributed by atoms with E-state index in [9.17, 15) is 0 Å². The highest BCUT2D eigenvalue weighted by molar-refractivity contribution is 6.42. The third-order valence-corrected chi connectivity index (χ3v) is 6.69. The molecule has 0 N–H and O–H groups in total. The molecule has 0 fully saturated rings. The number of halogens is 4. The SMILES string of the molecule is Cc1ccc2c(c1)C(C)(c1ccc(Cl)c(Cl)c1)C=C2c1ccc(Cl)c(Cl)c1. The maximum absolute atomic E-state index is 6.32. The van der Waals surface area contributed by atoms with Gasteiger partial charge < -0.3 is 0 Å². The first kappa shape index (κ1) is 18.9. The van der Waals surface area contributed by atoms with E-state index in [4.69, 9.17) is 46.4 Å². The van der Waals surface area contributed by atoms with Gasteiger partial charge in [-0.3, -0.25) is 0 Å². The van der Waals surface area contributed by atoms with Crippen LogP contribution in [0.4, 0.5) is 0 Å². The van der Waals surface area contributed by atoms with Crippen molar-refractivity contribution in [2.24, 2.45) is 0 Å². The molecule has 1 unspecified atom stereocenters. The Bertz CT molecular complexity index is 1100. The molecule has 0 amide bonds. The molecule has 3 aromatic rings. The van der Waals surface area contributed by atoms with Crippen LogP contribution < -0.4 is 0 Å². The molecule has 136 valence electrons. The van der Waals surface area contributed by atoms with Crippen LogP contribution in [0.5, 0.6) is 0 Å². The van der Waals surface area contributed by atoms with E-state index in [0.29, 0.717) is 20.1 Å². The maximum atomic E-state index is 6.32. The second kappa shape index (κ2) is 6.87. The molecule has 0 aromatic heterocycles. The van der Waals surface area contributed by atoms with Crippen LogP contribution in [-0.2, 0) is 5.41 Å². The standard InChI is InChI=1S/C23H16Cl4/c1-13-3-6-16-17(14-4-7-19(24)21(26)10-14)12-23(2,18(16)9-13)15-5-8-20(25)22(27)11-15/h3-12H,1-2H3. The number of rotatable bonds is 2. The van der Waals surface area contributed by atoms with Gasteiger partial charge in [-0.15, -0.1) is 0 Å². The average molecular weight is 434 g/mol. The zero-order chi connectivity index (χ0) is 19.3. The summed E-state index contributed by atoms with van der Waals surface area (Å²) in [5.74, 6) is 0. The lowest BCUT2D eigenvalue weighted by Crippen LogP contribution is -2.19. The molecular formula is C23H16Cl4. The van der Waals surface area contributed by atoms with Crippen LogP contribution in [0, 0.1) is 6.92 Å². The van der Waals surface area contributed by atoms with Crippen LogP contribution in [0.15, 0.2) is 60.7 Å². The predicted octanol–water partition coefficient (Wildman–Crippen LogP) is 8.36. The number of aryl methyl sites for hydroxylation is 1. The van der Waals surface area contributed by atoms with Gasteiger partial charge in [-0.1, -0.05) is 88.4 Å². The fourth-order valence-corrected chi connectivity index (χ4v) is 4.32. The summed E-state index contributed by atoms with van der Waals surface area (Å²) in [6, 6.07) is 18.1. The zero-order valence-electron chi connectivity index (χ0n) is 14.8. The molecule has 0 bridgehead atoms. The van der Waals surface area contributed by atoms with E-state index in [-0.39, 0.29) is 5.41 Å². The first-order chi connectivity index (χ1) is 12.8. The quantitative estimate of drug-likeness (QED) is 0.380. The molecule has 0 saturated heterocycles. The Labute approximate surface area is 179 Å². The second-order valence-corrected chi connectivity index (χ2v) is 8.70. The Hall–Kier alpha value is -1.44. The summed E-state index contributed by atoms with van der Waals surface area (Å²) in [4.78, 5) is 0. The monoisotopic (exact) mass is 432 g/mol. The highest BCUT2D eigenvalue weighted by Gasteiger charge is 2.36. The van der Waals surface area contributed by atoms with Crippen LogP contribution in [0.1, 0.15) is 34.7 Å². The highest BCUT2D eigenvalue weighted by atomic mass is 35.5. The van der Waals surface area contributed by atoms with Crippen molar-refractivity contribution in [3.8, 4) is 0 Å². The second-order valence-electron chi connectivity index (χ2n) is 7.07. The summed E-state index contributed by atoms with van der Waals surface area (Å²) < 4.78 is 0. The van der Waals surface area contributed by atoms with Crippen molar-refractivity contribution in [1.29, 1.82) is 0 Å². The van der Waals surface area contributed by atoms with Gasteiger partial charge in [0.2, 0.25) is 0 Å². The minimum atomic E-state index is -0.322. The lowest BCUT2D eigenvalue weighted by molar-refractivity contribution is 0.737. The topological polar surface area (TPSA) is 0 Å². The lowest BCUT2D eigenvalue weighted by atomic mass is 9.78. The molecule has 0 saturated carbocycles. The van der Waals surface area contributed by atoms with Crippen molar-refractivity contribution in [3.63, 3.8) is 0 Å². The van der Waals surface area contributed by atoms with Gasteiger partial charge in [0.1, 0.15) is 0 Å². The number of benzene rings is 3. The summed E-state index contributed by atoms with van der Waals surface area (Å²) in [7, 11) is 0. The Morgan fingerprint density at radius 1 is 0.704 bits per heavy atom. The van der Waals surface area contributed by atoms with Crippen LogP contribution >= 0.6 is 46.4 Å². The van der Waals surface area contributed by atoms with Gasteiger partial charge in [0.25, 0.3) is 0 Å². The predicted molar refractivity (Wildman–Crippen MR) is 118 cm³/mol. The van der Waals surface area contributed by atoms with Gasteiger partial charge in [0, 0.05) is 5.41 Å². The minimum absolute atomic E-state index is 0.322. The van der Waals surface area contributed by atoms with E-state index < -0.39 is 0 Å². The summed E-state index contributed by atoms with van der Waals surface area (Å²) in [5, 5.41) is 2.21. The fourth-order valence-electron chi connectivity index (χ4n) is 3.73. The van der Waals surface area contributed by atoms with Crippen molar-refractivity contribution in [2.75, 3.05) is 0 Å². The summed E-state index contributed by atoms with van der Waals surface area (Å²) >= 11 is 24.9. The molecule has 1 aliphatic rings. The molecule has 27 heavy (non-hydrogen) atoms. The smallest absolute Gasteiger partial charge is 0.0598 e. The molecule has 0 aliphatic heterocycles. The van der Waals surface area contributed by atoms with Gasteiger partial charge >= 0.3 is 0 Å². The van der Waals surface area contributed by atoms with E-state index in [1.807, 2.05) is 36.4 Å². The largest absolute Gasteiger partial charge is 0.0827 e. The molecular weight excluding hydrogens is 418 g/mol. The molecule has 0 radical (unpaired) electrons. The Morgan fingerprint density at radius 3 is 2.04 bits per heavy atom. The van der Waals surface area contributed by atoms with Gasteiger partial charge in [-0.05, 0) is 65.9 Å². The first-order valence-electron chi connectivity index (χ1n) is 8.55. The average Bonchev–Trinajstić information content (AvgIpc) is 2.93. The van der Waals surface area contributed by atoms with Crippen LogP contribution in [-0.4, -0.2) is 0 Å². The summed E-state index contributed by atoms with van der Waals surface area (Å²) in [6.45, 7) is 4.31. The van der Waals surface area contributed by atoms with Crippen LogP contribution in [0.2, 0.25) is 20.1 Å². The van der Waals surface area contributed by atoms with E-state index in [1.54, 1.807) is 0 Å². The van der Waals surface area contributed by atoms with E-state index in [0.717, 1.165) is 16.7 Å². The van der Waals surface area contributed by atoms with Crippen LogP contribution in [0.3, 0.4) is 0 Å². The molecule has 0 spiro atoms. The molecule has 4 heteroatoms. The van der Waals surface area contributed by atoms with Crippen molar-refractivity contribution in [3.05, 3.63) is 109 Å². The molecule has 1 aliphatic carbocycles. The summed E-state index contributed by atoms with van der Waals surface area (Å²) in [6.07, 6.45) is 2.27. The van der Waals surface area contributed by atoms with Gasteiger partial charge in [0.05, 0.1) is 20.1 Å². The number of fused-ring (bicyclic) bond motifs is 1. The lowest BCUT2D eigenvalue weighted by Gasteiger charge is -2.25. The Balaban J connectivity index is 1.96. The van der Waals surface area contributed by atoms with E-state index >= 15 is 0 Å². The number of hydrogen-bond acceptors (Lipinski definition) is 0. The first-order valence-corrected chi connectivity index (χ1v) is 10.1. The van der Waals surface area contributed by atoms with Gasteiger partial charge in [-0.2, -0.15) is 0 Å². The molecule has 4 rings (SSSR count). The molecule has 0 nitrogen and oxygen atoms in total. The normalized spacial score (nSPS) is 18.4. The fraction of sp³-hybridized carbons (Fsp3) is 0.130. The maximum Gasteiger partial charge on any atom is 0.0598 e. The zero-order valence-corrected chi connectivity index (χ0v) is 17.8. The van der Waals surface area contributed by atoms with E-state index in [1.165, 1.54) is 16.7 Å². The van der Waals surface area contributed by atoms with Crippen LogP contribution in [0.25, 0.3) is 5.57 Å². The van der Waals surface area contributed by atoms with Gasteiger partial charge in [0.15, 0.2) is 0 Å². The third kappa shape index (κ3) is 3.19. The van der Waals surface area contributed by atoms with Crippen molar-refractivity contribution in [1.82, 2.24) is 0 Å². The molecule has 3 aromatic carbocycles. The van der Waals surface area contributed by atoms with Crippen molar-refractivity contribution < 1.29 is 0 Å². The number of allylic oxidation sites excluding steroid dienone is 1. The Kier molecular flexibility index (Phi) is 4.81. The highest BCUT2D eigenvalue weighted by Crippen LogP contribution is 2.48. The Morgan fingerprint density at radius 2 is 1.37 bits per heavy atom. The van der Waals surface area contributed by atoms with Crippen molar-refractivity contribution in [2.45, 2.75) is 19.3 Å². The third-order valence-electron chi connectivity index (χ3n) is 5.21. The van der Waals surface area contributed by atoms with Crippen molar-refractivity contribution >= 4 is 52.0 Å². The summed E-state index contributed by atoms with van der Waals surface area (Å²) in [5.41, 5.74) is 6.59. The number of hydrogen-bond donors (Lipinski definition) is 0.